The topological polar surface area (TPSA) is 63.6 Å². The zero-order valence-electron chi connectivity index (χ0n) is 9.19. The van der Waals surface area contributed by atoms with Crippen LogP contribution in [-0.2, 0) is 11.0 Å². The highest BCUT2D eigenvalue weighted by atomic mass is 19.4. The van der Waals surface area contributed by atoms with E-state index in [0.717, 1.165) is 19.1 Å². The van der Waals surface area contributed by atoms with E-state index >= 15 is 0 Å². The van der Waals surface area contributed by atoms with Crippen LogP contribution in [0.3, 0.4) is 0 Å². The quantitative estimate of drug-likeness (QED) is 0.846. The summed E-state index contributed by atoms with van der Waals surface area (Å²) in [4.78, 5) is 21.0. The van der Waals surface area contributed by atoms with Crippen molar-refractivity contribution in [3.63, 3.8) is 0 Å². The maximum atomic E-state index is 12.7. The lowest BCUT2D eigenvalue weighted by Crippen LogP contribution is -2.24. The second-order valence-corrected chi connectivity index (χ2v) is 3.47. The fourth-order valence-corrected chi connectivity index (χ4v) is 1.19. The van der Waals surface area contributed by atoms with Crippen molar-refractivity contribution in [1.29, 1.82) is 0 Å². The minimum absolute atomic E-state index is 0.169. The molecule has 0 aliphatic heterocycles. The third-order valence-electron chi connectivity index (χ3n) is 2.10. The molecule has 1 rings (SSSR count). The molecule has 0 bridgehead atoms. The van der Waals surface area contributed by atoms with E-state index in [1.807, 2.05) is 0 Å². The Morgan fingerprint density at radius 2 is 2.06 bits per heavy atom. The fourth-order valence-electron chi connectivity index (χ4n) is 1.19. The highest BCUT2D eigenvalue weighted by Gasteiger charge is 2.35. The van der Waals surface area contributed by atoms with Crippen LogP contribution in [0.5, 0.6) is 5.75 Å². The SMILES string of the molecule is CC(Oc1ccc(C=O)cc1C(F)(F)F)C(=O)O. The monoisotopic (exact) mass is 262 g/mol. The van der Waals surface area contributed by atoms with Crippen molar-refractivity contribution in [2.45, 2.75) is 19.2 Å². The van der Waals surface area contributed by atoms with Gasteiger partial charge in [-0.05, 0) is 25.1 Å². The number of carbonyl (C=O) groups excluding carboxylic acids is 1. The van der Waals surface area contributed by atoms with Crippen molar-refractivity contribution < 1.29 is 32.6 Å². The summed E-state index contributed by atoms with van der Waals surface area (Å²) in [7, 11) is 0. The molecule has 0 aliphatic rings. The van der Waals surface area contributed by atoms with Gasteiger partial charge in [-0.15, -0.1) is 0 Å². The maximum Gasteiger partial charge on any atom is 0.419 e. The molecule has 0 aromatic heterocycles. The lowest BCUT2D eigenvalue weighted by atomic mass is 10.1. The van der Waals surface area contributed by atoms with Crippen molar-refractivity contribution in [2.75, 3.05) is 0 Å². The normalized spacial score (nSPS) is 12.9. The Kier molecular flexibility index (Phi) is 3.95. The van der Waals surface area contributed by atoms with Gasteiger partial charge >= 0.3 is 12.1 Å². The van der Waals surface area contributed by atoms with Crippen molar-refractivity contribution >= 4 is 12.3 Å². The summed E-state index contributed by atoms with van der Waals surface area (Å²) >= 11 is 0. The van der Waals surface area contributed by atoms with Gasteiger partial charge in [-0.1, -0.05) is 0 Å². The van der Waals surface area contributed by atoms with Crippen molar-refractivity contribution in [3.8, 4) is 5.75 Å². The first-order chi connectivity index (χ1) is 8.25. The van der Waals surface area contributed by atoms with E-state index in [2.05, 4.69) is 0 Å². The first-order valence-corrected chi connectivity index (χ1v) is 4.81. The number of hydrogen-bond acceptors (Lipinski definition) is 3. The molecule has 1 N–H and O–H groups in total. The molecule has 98 valence electrons. The number of aliphatic carboxylic acids is 1. The molecule has 0 saturated heterocycles. The van der Waals surface area contributed by atoms with E-state index in [-0.39, 0.29) is 11.8 Å². The van der Waals surface area contributed by atoms with Gasteiger partial charge in [0.1, 0.15) is 12.0 Å². The molecular formula is C11H9F3O4. The number of carboxylic acids is 1. The van der Waals surface area contributed by atoms with Crippen LogP contribution in [-0.4, -0.2) is 23.5 Å². The molecular weight excluding hydrogens is 253 g/mol. The van der Waals surface area contributed by atoms with Crippen LogP contribution in [0.15, 0.2) is 18.2 Å². The zero-order chi connectivity index (χ0) is 13.9. The van der Waals surface area contributed by atoms with E-state index in [4.69, 9.17) is 9.84 Å². The average Bonchev–Trinajstić information content (AvgIpc) is 2.27. The summed E-state index contributed by atoms with van der Waals surface area (Å²) in [6, 6.07) is 2.65. The summed E-state index contributed by atoms with van der Waals surface area (Å²) in [6.45, 7) is 1.11. The third-order valence-corrected chi connectivity index (χ3v) is 2.10. The molecule has 0 amide bonds. The Labute approximate surface area is 100.0 Å². The number of rotatable bonds is 4. The lowest BCUT2D eigenvalue weighted by Gasteiger charge is -2.16. The van der Waals surface area contributed by atoms with Gasteiger partial charge < -0.3 is 9.84 Å². The summed E-state index contributed by atoms with van der Waals surface area (Å²) in [5.41, 5.74) is -1.35. The van der Waals surface area contributed by atoms with Crippen LogP contribution in [0.2, 0.25) is 0 Å². The zero-order valence-corrected chi connectivity index (χ0v) is 9.19. The predicted molar refractivity (Wildman–Crippen MR) is 54.6 cm³/mol. The summed E-state index contributed by atoms with van der Waals surface area (Å²) in [5, 5.41) is 8.58. The Morgan fingerprint density at radius 1 is 1.44 bits per heavy atom. The molecule has 1 unspecified atom stereocenters. The molecule has 0 radical (unpaired) electrons. The number of carboxylic acid groups (broad SMARTS) is 1. The van der Waals surface area contributed by atoms with Gasteiger partial charge in [-0.25, -0.2) is 4.79 Å². The van der Waals surface area contributed by atoms with Gasteiger partial charge in [-0.2, -0.15) is 13.2 Å². The average molecular weight is 262 g/mol. The second-order valence-electron chi connectivity index (χ2n) is 3.47. The summed E-state index contributed by atoms with van der Waals surface area (Å²) in [6.07, 6.45) is -5.89. The van der Waals surface area contributed by atoms with Gasteiger partial charge in [0.25, 0.3) is 0 Å². The Bertz CT molecular complexity index is 468. The number of aldehydes is 1. The number of halogens is 3. The first kappa shape index (κ1) is 14.0. The lowest BCUT2D eigenvalue weighted by molar-refractivity contribution is -0.147. The van der Waals surface area contributed by atoms with Crippen LogP contribution >= 0.6 is 0 Å². The minimum Gasteiger partial charge on any atom is -0.479 e. The maximum absolute atomic E-state index is 12.7. The van der Waals surface area contributed by atoms with E-state index in [1.54, 1.807) is 0 Å². The molecule has 4 nitrogen and oxygen atoms in total. The molecule has 0 aliphatic carbocycles. The molecule has 0 saturated carbocycles. The Morgan fingerprint density at radius 3 is 2.50 bits per heavy atom. The largest absolute Gasteiger partial charge is 0.479 e. The van der Waals surface area contributed by atoms with Gasteiger partial charge in [0.2, 0.25) is 0 Å². The van der Waals surface area contributed by atoms with E-state index in [9.17, 15) is 22.8 Å². The van der Waals surface area contributed by atoms with Crippen LogP contribution in [0.4, 0.5) is 13.2 Å². The predicted octanol–water partition coefficient (Wildman–Crippen LogP) is 2.37. The van der Waals surface area contributed by atoms with Gasteiger partial charge in [0.15, 0.2) is 6.10 Å². The van der Waals surface area contributed by atoms with Crippen molar-refractivity contribution in [2.24, 2.45) is 0 Å². The molecule has 18 heavy (non-hydrogen) atoms. The molecule has 1 aromatic carbocycles. The highest BCUT2D eigenvalue weighted by molar-refractivity contribution is 5.76. The van der Waals surface area contributed by atoms with Crippen LogP contribution < -0.4 is 4.74 Å². The number of carbonyl (C=O) groups is 2. The third kappa shape index (κ3) is 3.22. The van der Waals surface area contributed by atoms with Crippen LogP contribution in [0.25, 0.3) is 0 Å². The number of ether oxygens (including phenoxy) is 1. The number of benzene rings is 1. The molecule has 7 heteroatoms. The Hall–Kier alpha value is -2.05. The molecule has 1 aromatic rings. The number of hydrogen-bond donors (Lipinski definition) is 1. The smallest absolute Gasteiger partial charge is 0.419 e. The first-order valence-electron chi connectivity index (χ1n) is 4.81. The summed E-state index contributed by atoms with van der Waals surface area (Å²) in [5.74, 6) is -2.01. The summed E-state index contributed by atoms with van der Waals surface area (Å²) < 4.78 is 42.7. The highest BCUT2D eigenvalue weighted by Crippen LogP contribution is 2.37. The number of alkyl halides is 3. The van der Waals surface area contributed by atoms with E-state index in [1.165, 1.54) is 0 Å². The standard InChI is InChI=1S/C11H9F3O4/c1-6(10(16)17)18-9-3-2-7(5-15)4-8(9)11(12,13)14/h2-6H,1H3,(H,16,17). The molecule has 0 spiro atoms. The molecule has 0 heterocycles. The van der Waals surface area contributed by atoms with Gasteiger partial charge in [0, 0.05) is 5.56 Å². The van der Waals surface area contributed by atoms with Crippen molar-refractivity contribution in [1.82, 2.24) is 0 Å². The minimum atomic E-state index is -4.73. The van der Waals surface area contributed by atoms with Crippen molar-refractivity contribution in [3.05, 3.63) is 29.3 Å². The van der Waals surface area contributed by atoms with E-state index < -0.39 is 29.6 Å². The van der Waals surface area contributed by atoms with Crippen LogP contribution in [0.1, 0.15) is 22.8 Å². The van der Waals surface area contributed by atoms with Gasteiger partial charge in [-0.3, -0.25) is 4.79 Å². The Balaban J connectivity index is 3.18. The van der Waals surface area contributed by atoms with E-state index in [0.29, 0.717) is 6.07 Å². The molecule has 0 fully saturated rings. The van der Waals surface area contributed by atoms with Crippen LogP contribution in [0, 0.1) is 0 Å². The fraction of sp³-hybridized carbons (Fsp3) is 0.273. The second kappa shape index (κ2) is 5.07. The van der Waals surface area contributed by atoms with Gasteiger partial charge in [0.05, 0.1) is 5.56 Å². The molecule has 1 atom stereocenters.